The molecule has 0 saturated heterocycles. The van der Waals surface area contributed by atoms with Gasteiger partial charge in [-0.2, -0.15) is 0 Å². The molecule has 2 aromatic heterocycles. The Kier molecular flexibility index (Phi) is 8.20. The van der Waals surface area contributed by atoms with E-state index in [9.17, 15) is 0 Å². The van der Waals surface area contributed by atoms with Crippen molar-refractivity contribution in [1.29, 1.82) is 0 Å². The molecule has 0 spiro atoms. The standard InChI is InChI=1S/C60H44N2O4/c1-63-41-25-29-55-45(33-41)46-34-42(64-2)26-30-56(46)61(55)39-21-17-37(18-22-39)59-49-11-5-8-14-52(49)60(53-15-9-6-12-50(53)59,54-16-10-7-13-51(54)59)38-19-23-40(24-20-38)62-57-31-27-43(65-3)35-47(57)48-36-44(66-4)28-32-58(48)62/h5-36H,1-4H3. The van der Waals surface area contributed by atoms with Crippen LogP contribution in [0.2, 0.25) is 0 Å². The summed E-state index contributed by atoms with van der Waals surface area (Å²) in [4.78, 5) is 0. The maximum absolute atomic E-state index is 5.69. The van der Waals surface area contributed by atoms with Gasteiger partial charge in [0.2, 0.25) is 0 Å². The Morgan fingerprint density at radius 1 is 0.288 bits per heavy atom. The van der Waals surface area contributed by atoms with E-state index in [1.54, 1.807) is 28.4 Å². The number of hydrogen-bond acceptors (Lipinski definition) is 4. The Balaban J connectivity index is 1.00. The fraction of sp³-hybridized carbons (Fsp3) is 0.100. The van der Waals surface area contributed by atoms with Gasteiger partial charge < -0.3 is 28.1 Å². The summed E-state index contributed by atoms with van der Waals surface area (Å²) in [5, 5.41) is 4.46. The van der Waals surface area contributed by atoms with E-state index >= 15 is 0 Å². The molecular weight excluding hydrogens is 813 g/mol. The molecule has 14 rings (SSSR count). The molecule has 0 amide bonds. The summed E-state index contributed by atoms with van der Waals surface area (Å²) >= 11 is 0. The van der Waals surface area contributed by atoms with Crippen molar-refractivity contribution in [2.24, 2.45) is 0 Å². The quantitative estimate of drug-likeness (QED) is 0.153. The Morgan fingerprint density at radius 2 is 0.530 bits per heavy atom. The molecule has 6 heteroatoms. The highest BCUT2D eigenvalue weighted by Crippen LogP contribution is 2.66. The summed E-state index contributed by atoms with van der Waals surface area (Å²) in [6.07, 6.45) is 0. The van der Waals surface area contributed by atoms with Gasteiger partial charge in [0, 0.05) is 32.9 Å². The van der Waals surface area contributed by atoms with E-state index in [1.165, 1.54) is 44.5 Å². The van der Waals surface area contributed by atoms with Crippen LogP contribution in [0.4, 0.5) is 0 Å². The van der Waals surface area contributed by atoms with E-state index in [2.05, 4.69) is 179 Å². The fourth-order valence-electron chi connectivity index (χ4n) is 12.0. The lowest BCUT2D eigenvalue weighted by atomic mass is 9.44. The summed E-state index contributed by atoms with van der Waals surface area (Å²) < 4.78 is 27.5. The number of hydrogen-bond donors (Lipinski definition) is 0. The van der Waals surface area contributed by atoms with Gasteiger partial charge in [0.15, 0.2) is 0 Å². The summed E-state index contributed by atoms with van der Waals surface area (Å²) in [5.74, 6) is 3.29. The van der Waals surface area contributed by atoms with E-state index in [0.29, 0.717) is 0 Å². The molecule has 0 aliphatic heterocycles. The van der Waals surface area contributed by atoms with Gasteiger partial charge in [0.1, 0.15) is 23.0 Å². The van der Waals surface area contributed by atoms with Crippen LogP contribution in [0, 0.1) is 0 Å². The van der Waals surface area contributed by atoms with Crippen LogP contribution in [0.5, 0.6) is 23.0 Å². The van der Waals surface area contributed by atoms with Crippen molar-refractivity contribution in [3.8, 4) is 34.4 Å². The second-order valence-corrected chi connectivity index (χ2v) is 17.4. The van der Waals surface area contributed by atoms with Crippen molar-refractivity contribution >= 4 is 43.6 Å². The van der Waals surface area contributed by atoms with Crippen molar-refractivity contribution in [2.45, 2.75) is 10.8 Å². The molecule has 3 aliphatic rings. The smallest absolute Gasteiger partial charge is 0.119 e. The summed E-state index contributed by atoms with van der Waals surface area (Å²) in [5.41, 5.74) is 15.8. The monoisotopic (exact) mass is 856 g/mol. The maximum Gasteiger partial charge on any atom is 0.119 e. The van der Waals surface area contributed by atoms with Crippen molar-refractivity contribution < 1.29 is 18.9 Å². The van der Waals surface area contributed by atoms with Crippen molar-refractivity contribution in [2.75, 3.05) is 28.4 Å². The Hall–Kier alpha value is -8.22. The van der Waals surface area contributed by atoms with Gasteiger partial charge in [-0.3, -0.25) is 0 Å². The second-order valence-electron chi connectivity index (χ2n) is 17.4. The zero-order valence-corrected chi connectivity index (χ0v) is 37.0. The summed E-state index contributed by atoms with van der Waals surface area (Å²) in [6.45, 7) is 0. The number of fused-ring (bicyclic) bond motifs is 6. The lowest BCUT2D eigenvalue weighted by Gasteiger charge is -2.57. The third-order valence-electron chi connectivity index (χ3n) is 14.7. The predicted octanol–water partition coefficient (Wildman–Crippen LogP) is 13.3. The second kappa shape index (κ2) is 14.1. The van der Waals surface area contributed by atoms with E-state index in [1.807, 2.05) is 24.3 Å². The Labute approximate surface area is 382 Å². The highest BCUT2D eigenvalue weighted by molar-refractivity contribution is 6.11. The predicted molar refractivity (Wildman–Crippen MR) is 265 cm³/mol. The van der Waals surface area contributed by atoms with Gasteiger partial charge in [-0.15, -0.1) is 0 Å². The minimum atomic E-state index is -0.559. The molecule has 0 atom stereocenters. The molecule has 6 nitrogen and oxygen atoms in total. The van der Waals surface area contributed by atoms with Crippen LogP contribution in [0.15, 0.2) is 194 Å². The molecule has 0 saturated carbocycles. The average molecular weight is 857 g/mol. The van der Waals surface area contributed by atoms with Crippen LogP contribution >= 0.6 is 0 Å². The molecular formula is C60H44N2O4. The molecule has 0 radical (unpaired) electrons. The van der Waals surface area contributed by atoms with Crippen LogP contribution in [-0.4, -0.2) is 37.6 Å². The zero-order valence-electron chi connectivity index (χ0n) is 37.0. The lowest BCUT2D eigenvalue weighted by molar-refractivity contribution is 0.415. The topological polar surface area (TPSA) is 46.8 Å². The maximum atomic E-state index is 5.69. The van der Waals surface area contributed by atoms with Gasteiger partial charge in [0.05, 0.1) is 61.3 Å². The molecule has 0 unspecified atom stereocenters. The van der Waals surface area contributed by atoms with Gasteiger partial charge >= 0.3 is 0 Å². The first-order valence-corrected chi connectivity index (χ1v) is 22.4. The van der Waals surface area contributed by atoms with Crippen LogP contribution in [0.1, 0.15) is 44.5 Å². The van der Waals surface area contributed by atoms with Crippen molar-refractivity contribution in [3.05, 3.63) is 239 Å². The molecule has 0 fully saturated rings. The molecule has 9 aromatic carbocycles. The SMILES string of the molecule is COc1ccc2c(c1)c1cc(OC)ccc1n2-c1ccc(C23c4ccccc4C(c4ccc(-n5c6ccc(OC)cc6c6cc(OC)ccc65)cc4)(c4ccccc42)c2ccccc23)cc1. The molecule has 318 valence electrons. The van der Waals surface area contributed by atoms with Gasteiger partial charge in [-0.1, -0.05) is 97.1 Å². The number of rotatable bonds is 8. The molecule has 3 aliphatic carbocycles. The summed E-state index contributed by atoms with van der Waals surface area (Å²) in [6, 6.07) is 71.3. The minimum Gasteiger partial charge on any atom is -0.497 e. The van der Waals surface area contributed by atoms with Crippen molar-refractivity contribution in [3.63, 3.8) is 0 Å². The third-order valence-corrected chi connectivity index (χ3v) is 14.7. The number of aromatic nitrogens is 2. The van der Waals surface area contributed by atoms with E-state index in [4.69, 9.17) is 18.9 Å². The molecule has 11 aromatic rings. The highest BCUT2D eigenvalue weighted by atomic mass is 16.5. The van der Waals surface area contributed by atoms with E-state index < -0.39 is 10.8 Å². The largest absolute Gasteiger partial charge is 0.497 e. The summed E-state index contributed by atoms with van der Waals surface area (Å²) in [7, 11) is 6.87. The number of benzene rings is 9. The number of methoxy groups -OCH3 is 4. The van der Waals surface area contributed by atoms with Gasteiger partial charge in [-0.05, 0) is 142 Å². The van der Waals surface area contributed by atoms with Crippen LogP contribution in [0.3, 0.4) is 0 Å². The van der Waals surface area contributed by atoms with Crippen LogP contribution in [-0.2, 0) is 10.8 Å². The van der Waals surface area contributed by atoms with E-state index in [-0.39, 0.29) is 0 Å². The Bertz CT molecular complexity index is 3280. The average Bonchev–Trinajstić information content (AvgIpc) is 3.89. The lowest BCUT2D eigenvalue weighted by Crippen LogP contribution is -2.51. The first-order chi connectivity index (χ1) is 32.5. The first-order valence-electron chi connectivity index (χ1n) is 22.4. The van der Waals surface area contributed by atoms with Gasteiger partial charge in [-0.25, -0.2) is 0 Å². The number of nitrogens with zero attached hydrogens (tertiary/aromatic N) is 2. The molecule has 66 heavy (non-hydrogen) atoms. The molecule has 2 bridgehead atoms. The normalized spacial score (nSPS) is 16.9. The fourth-order valence-corrected chi connectivity index (χ4v) is 12.0. The van der Waals surface area contributed by atoms with Gasteiger partial charge in [0.25, 0.3) is 0 Å². The molecule has 0 N–H and O–H groups in total. The first kappa shape index (κ1) is 38.3. The number of ether oxygens (including phenoxy) is 4. The minimum absolute atomic E-state index is 0.559. The molecule has 2 heterocycles. The highest BCUT2D eigenvalue weighted by Gasteiger charge is 2.59. The Morgan fingerprint density at radius 3 is 0.758 bits per heavy atom. The van der Waals surface area contributed by atoms with Crippen molar-refractivity contribution in [1.82, 2.24) is 9.13 Å². The zero-order chi connectivity index (χ0) is 44.3. The van der Waals surface area contributed by atoms with Crippen LogP contribution < -0.4 is 18.9 Å². The third kappa shape index (κ3) is 4.90. The van der Waals surface area contributed by atoms with E-state index in [0.717, 1.165) is 78.0 Å². The van der Waals surface area contributed by atoms with Crippen LogP contribution in [0.25, 0.3) is 55.0 Å².